The Hall–Kier alpha value is -2.06. The number of aromatic nitrogens is 3. The Morgan fingerprint density at radius 2 is 2.04 bits per heavy atom. The molecule has 0 spiro atoms. The molecule has 8 heteroatoms. The van der Waals surface area contributed by atoms with Crippen LogP contribution in [0, 0.1) is 5.92 Å². The first kappa shape index (κ1) is 18.0. The summed E-state index contributed by atoms with van der Waals surface area (Å²) in [6.07, 6.45) is 13.7. The summed E-state index contributed by atoms with van der Waals surface area (Å²) in [4.78, 5) is 16.4. The average molecular weight is 385 g/mol. The fraction of sp³-hybridized carbons (Fsp3) is 0.700. The molecule has 4 atom stereocenters. The van der Waals surface area contributed by atoms with Crippen molar-refractivity contribution < 1.29 is 14.3 Å². The van der Waals surface area contributed by atoms with Crippen molar-refractivity contribution >= 4 is 12.1 Å². The van der Waals surface area contributed by atoms with Gasteiger partial charge in [0.05, 0.1) is 24.9 Å². The first-order valence-electron chi connectivity index (χ1n) is 10.5. The Morgan fingerprint density at radius 1 is 1.18 bits per heavy atom. The summed E-state index contributed by atoms with van der Waals surface area (Å²) >= 11 is 0. The van der Waals surface area contributed by atoms with Crippen molar-refractivity contribution in [1.82, 2.24) is 20.3 Å². The zero-order chi connectivity index (χ0) is 18.9. The predicted octanol–water partition coefficient (Wildman–Crippen LogP) is 1.58. The van der Waals surface area contributed by atoms with Crippen molar-refractivity contribution in [2.75, 3.05) is 13.2 Å². The zero-order valence-electron chi connectivity index (χ0n) is 16.0. The maximum Gasteiger partial charge on any atom is 0.269 e. The highest BCUT2D eigenvalue weighted by molar-refractivity contribution is 5.96. The van der Waals surface area contributed by atoms with Gasteiger partial charge in [0.15, 0.2) is 0 Å². The van der Waals surface area contributed by atoms with Gasteiger partial charge in [-0.05, 0) is 18.4 Å². The molecule has 1 aromatic heterocycles. The normalized spacial score (nSPS) is 32.5. The van der Waals surface area contributed by atoms with Crippen LogP contribution < -0.4 is 5.32 Å². The van der Waals surface area contributed by atoms with Crippen molar-refractivity contribution in [3.05, 3.63) is 23.7 Å². The molecule has 0 aromatic carbocycles. The minimum absolute atomic E-state index is 0.00299. The number of ether oxygens (including phenoxy) is 2. The summed E-state index contributed by atoms with van der Waals surface area (Å²) < 4.78 is 13.9. The molecule has 0 bridgehead atoms. The lowest BCUT2D eigenvalue weighted by Gasteiger charge is -2.20. The van der Waals surface area contributed by atoms with E-state index in [1.165, 1.54) is 32.1 Å². The van der Waals surface area contributed by atoms with Gasteiger partial charge in [-0.25, -0.2) is 4.68 Å². The number of nitrogens with zero attached hydrogens (tertiary/aromatic N) is 4. The van der Waals surface area contributed by atoms with Gasteiger partial charge in [0.25, 0.3) is 5.91 Å². The maximum absolute atomic E-state index is 12.3. The maximum atomic E-state index is 12.3. The molecule has 1 aliphatic carbocycles. The van der Waals surface area contributed by atoms with E-state index in [0.29, 0.717) is 25.3 Å². The number of aliphatic imine (C=N–C) groups is 1. The van der Waals surface area contributed by atoms with E-state index >= 15 is 0 Å². The number of amides is 1. The Morgan fingerprint density at radius 3 is 2.86 bits per heavy atom. The van der Waals surface area contributed by atoms with Gasteiger partial charge in [0, 0.05) is 18.8 Å². The Labute approximate surface area is 164 Å². The second kappa shape index (κ2) is 7.75. The first-order valence-corrected chi connectivity index (χ1v) is 10.5. The fourth-order valence-electron chi connectivity index (χ4n) is 4.85. The van der Waals surface area contributed by atoms with Gasteiger partial charge in [0.1, 0.15) is 23.9 Å². The highest BCUT2D eigenvalue weighted by Crippen LogP contribution is 2.34. The highest BCUT2D eigenvalue weighted by Gasteiger charge is 2.49. The molecule has 0 radical (unpaired) electrons. The van der Waals surface area contributed by atoms with Crippen LogP contribution in [-0.4, -0.2) is 58.6 Å². The molecule has 3 fully saturated rings. The largest absolute Gasteiger partial charge is 0.371 e. The molecule has 3 aliphatic heterocycles. The van der Waals surface area contributed by atoms with Gasteiger partial charge in [0.2, 0.25) is 0 Å². The number of nitrogens with one attached hydrogen (secondary N) is 1. The summed E-state index contributed by atoms with van der Waals surface area (Å²) in [7, 11) is 0. The Bertz CT molecular complexity index is 783. The van der Waals surface area contributed by atoms with Crippen molar-refractivity contribution in [2.24, 2.45) is 10.9 Å². The van der Waals surface area contributed by atoms with Gasteiger partial charge >= 0.3 is 0 Å². The Kier molecular flexibility index (Phi) is 4.98. The van der Waals surface area contributed by atoms with E-state index in [-0.39, 0.29) is 30.2 Å². The molecule has 1 N–H and O–H groups in total. The van der Waals surface area contributed by atoms with E-state index in [1.807, 2.05) is 10.8 Å². The van der Waals surface area contributed by atoms with E-state index in [0.717, 1.165) is 18.0 Å². The van der Waals surface area contributed by atoms with Crippen molar-refractivity contribution in [1.29, 1.82) is 0 Å². The molecular formula is C20H27N5O3. The predicted molar refractivity (Wildman–Crippen MR) is 102 cm³/mol. The van der Waals surface area contributed by atoms with E-state index in [1.54, 1.807) is 6.21 Å². The smallest absolute Gasteiger partial charge is 0.269 e. The lowest BCUT2D eigenvalue weighted by Crippen LogP contribution is -2.44. The van der Waals surface area contributed by atoms with Crippen LogP contribution in [0.25, 0.3) is 0 Å². The molecule has 1 saturated carbocycles. The molecule has 2 saturated heterocycles. The number of hydrogen-bond donors (Lipinski definition) is 1. The monoisotopic (exact) mass is 385 g/mol. The second-order valence-electron chi connectivity index (χ2n) is 8.28. The minimum atomic E-state index is -0.163. The van der Waals surface area contributed by atoms with Crippen LogP contribution in [0.3, 0.4) is 0 Å². The molecule has 8 nitrogen and oxygen atoms in total. The standard InChI is InChI=1S/C20H27N5O3/c26-20(15-7-4-8-21-15)22-16-11-27-19-17(12-28-18(16)19)25-10-14(23-24-25)9-13-5-2-1-3-6-13/h7-8,10,13,16-19H,1-6,9,11-12H2,(H,22,26)/t16-,17-,18+,19+/m0/s1. The number of rotatable bonds is 5. The van der Waals surface area contributed by atoms with E-state index in [2.05, 4.69) is 26.8 Å². The Balaban J connectivity index is 1.20. The van der Waals surface area contributed by atoms with Crippen LogP contribution in [0.5, 0.6) is 0 Å². The number of carbonyl (C=O) groups is 1. The number of carbonyl (C=O) groups excluding carboxylic acids is 1. The van der Waals surface area contributed by atoms with Crippen molar-refractivity contribution in [3.63, 3.8) is 0 Å². The van der Waals surface area contributed by atoms with E-state index in [9.17, 15) is 4.79 Å². The van der Waals surface area contributed by atoms with Gasteiger partial charge in [-0.2, -0.15) is 0 Å². The van der Waals surface area contributed by atoms with Crippen molar-refractivity contribution in [3.8, 4) is 0 Å². The number of hydrogen-bond acceptors (Lipinski definition) is 6. The van der Waals surface area contributed by atoms with Crippen molar-refractivity contribution in [2.45, 2.75) is 69.2 Å². The third kappa shape index (κ3) is 3.51. The molecule has 0 unspecified atom stereocenters. The molecule has 4 heterocycles. The highest BCUT2D eigenvalue weighted by atomic mass is 16.6. The SMILES string of the molecule is O=C(N[C@H]1CO[C@H]2[C@@H]1OC[C@@H]2n1cc(CC2CCCCC2)nn1)C1=CCC=N1. The van der Waals surface area contributed by atoms with Gasteiger partial charge in [-0.15, -0.1) is 5.10 Å². The summed E-state index contributed by atoms with van der Waals surface area (Å²) in [5, 5.41) is 11.8. The molecular weight excluding hydrogens is 358 g/mol. The fourth-order valence-corrected chi connectivity index (χ4v) is 4.85. The molecule has 4 aliphatic rings. The van der Waals surface area contributed by atoms with Gasteiger partial charge < -0.3 is 14.8 Å². The summed E-state index contributed by atoms with van der Waals surface area (Å²) in [6.45, 7) is 0.965. The molecule has 1 aromatic rings. The summed E-state index contributed by atoms with van der Waals surface area (Å²) in [6, 6.07) is -0.160. The van der Waals surface area contributed by atoms with Crippen LogP contribution in [0.4, 0.5) is 0 Å². The quantitative estimate of drug-likeness (QED) is 0.831. The van der Waals surface area contributed by atoms with Gasteiger partial charge in [-0.1, -0.05) is 37.3 Å². The summed E-state index contributed by atoms with van der Waals surface area (Å²) in [5.41, 5.74) is 1.53. The number of allylic oxidation sites excluding steroid dienone is 1. The lowest BCUT2D eigenvalue weighted by atomic mass is 9.86. The van der Waals surface area contributed by atoms with Gasteiger partial charge in [-0.3, -0.25) is 9.79 Å². The lowest BCUT2D eigenvalue weighted by molar-refractivity contribution is -0.118. The van der Waals surface area contributed by atoms with Crippen LogP contribution >= 0.6 is 0 Å². The average Bonchev–Trinajstić information content (AvgIpc) is 3.49. The third-order valence-electron chi connectivity index (χ3n) is 6.34. The summed E-state index contributed by atoms with van der Waals surface area (Å²) in [5.74, 6) is 0.576. The minimum Gasteiger partial charge on any atom is -0.371 e. The topological polar surface area (TPSA) is 90.6 Å². The van der Waals surface area contributed by atoms with E-state index in [4.69, 9.17) is 9.47 Å². The third-order valence-corrected chi connectivity index (χ3v) is 6.34. The van der Waals surface area contributed by atoms with Crippen LogP contribution in [0.1, 0.15) is 50.3 Å². The molecule has 28 heavy (non-hydrogen) atoms. The zero-order valence-corrected chi connectivity index (χ0v) is 16.0. The van der Waals surface area contributed by atoms with E-state index < -0.39 is 0 Å². The second-order valence-corrected chi connectivity index (χ2v) is 8.28. The molecule has 5 rings (SSSR count). The van der Waals surface area contributed by atoms with Crippen LogP contribution in [-0.2, 0) is 20.7 Å². The number of fused-ring (bicyclic) bond motifs is 1. The molecule has 150 valence electrons. The van der Waals surface area contributed by atoms with Crippen LogP contribution in [0.2, 0.25) is 0 Å². The van der Waals surface area contributed by atoms with Crippen LogP contribution in [0.15, 0.2) is 23.0 Å². The first-order chi connectivity index (χ1) is 13.8. The molecule has 1 amide bonds.